The molecule has 2 aliphatic carbocycles. The molecule has 0 unspecified atom stereocenters. The van der Waals surface area contributed by atoms with Crippen LogP contribution in [0, 0.1) is 0 Å². The van der Waals surface area contributed by atoms with Gasteiger partial charge in [0.15, 0.2) is 0 Å². The van der Waals surface area contributed by atoms with Crippen LogP contribution in [-0.4, -0.2) is 0 Å². The number of hydrogen-bond donors (Lipinski definition) is 0. The van der Waals surface area contributed by atoms with Crippen LogP contribution in [0.1, 0.15) is 48.9 Å². The first kappa shape index (κ1) is 37.5. The Kier molecular flexibility index (Phi) is 9.39. The first-order chi connectivity index (χ1) is 30.5. The quantitative estimate of drug-likeness (QED) is 0.139. The molecule has 11 rings (SSSR count). The average molecular weight is 794 g/mol. The van der Waals surface area contributed by atoms with Crippen molar-refractivity contribution in [3.8, 4) is 44.5 Å². The van der Waals surface area contributed by atoms with Crippen LogP contribution in [0.15, 0.2) is 218 Å². The number of anilines is 2. The number of benzene rings is 9. The normalized spacial score (nSPS) is 13.9. The molecule has 0 heterocycles. The van der Waals surface area contributed by atoms with Crippen LogP contribution in [0.5, 0.6) is 0 Å². The van der Waals surface area contributed by atoms with Crippen molar-refractivity contribution in [2.75, 3.05) is 4.90 Å². The molecule has 9 aromatic carbocycles. The number of allylic oxidation sites excluding steroid dienone is 3. The Labute approximate surface area is 365 Å². The average Bonchev–Trinajstić information content (AvgIpc) is 3.56. The minimum Gasteiger partial charge on any atom is -0.311 e. The molecule has 0 atom stereocenters. The monoisotopic (exact) mass is 793 g/mol. The number of hydrogen-bond acceptors (Lipinski definition) is 1. The Bertz CT molecular complexity index is 3190. The second kappa shape index (κ2) is 15.5. The van der Waals surface area contributed by atoms with E-state index in [1.165, 1.54) is 105 Å². The van der Waals surface area contributed by atoms with Gasteiger partial charge in [0.05, 0.1) is 0 Å². The Balaban J connectivity index is 0.957. The van der Waals surface area contributed by atoms with Crippen molar-refractivity contribution in [2.24, 2.45) is 0 Å². The zero-order chi connectivity index (χ0) is 41.6. The maximum atomic E-state index is 2.43. The molecule has 0 aliphatic heterocycles. The maximum Gasteiger partial charge on any atom is 0.0464 e. The van der Waals surface area contributed by atoms with E-state index in [2.05, 4.69) is 243 Å². The van der Waals surface area contributed by atoms with E-state index < -0.39 is 0 Å². The second-order valence-electron chi connectivity index (χ2n) is 17.1. The molecule has 0 spiro atoms. The number of nitrogens with zero attached hydrogens (tertiary/aromatic N) is 1. The fourth-order valence-electron chi connectivity index (χ4n) is 10.0. The van der Waals surface area contributed by atoms with Crippen LogP contribution in [0.25, 0.3) is 78.2 Å². The molecule has 9 aromatic rings. The minimum absolute atomic E-state index is 0.156. The summed E-state index contributed by atoms with van der Waals surface area (Å²) in [6, 6.07) is 71.4. The van der Waals surface area contributed by atoms with Crippen molar-refractivity contribution < 1.29 is 0 Å². The van der Waals surface area contributed by atoms with Crippen molar-refractivity contribution in [3.63, 3.8) is 0 Å². The summed E-state index contributed by atoms with van der Waals surface area (Å²) in [4.78, 5) is 2.41. The molecule has 296 valence electrons. The molecular formula is C61H47N. The zero-order valence-corrected chi connectivity index (χ0v) is 35.2. The van der Waals surface area contributed by atoms with Crippen molar-refractivity contribution >= 4 is 45.1 Å². The third-order valence-corrected chi connectivity index (χ3v) is 13.1. The Hall–Kier alpha value is -7.48. The van der Waals surface area contributed by atoms with Gasteiger partial charge in [0, 0.05) is 22.5 Å². The Morgan fingerprint density at radius 3 is 1.74 bits per heavy atom. The molecule has 0 saturated heterocycles. The lowest BCUT2D eigenvalue weighted by Gasteiger charge is -2.29. The third-order valence-electron chi connectivity index (χ3n) is 13.1. The van der Waals surface area contributed by atoms with Gasteiger partial charge in [-0.05, 0) is 131 Å². The van der Waals surface area contributed by atoms with Gasteiger partial charge in [-0.25, -0.2) is 0 Å². The third kappa shape index (κ3) is 6.49. The summed E-state index contributed by atoms with van der Waals surface area (Å²) in [7, 11) is 0. The lowest BCUT2D eigenvalue weighted by molar-refractivity contribution is 0.660. The summed E-state index contributed by atoms with van der Waals surface area (Å²) in [5.74, 6) is 0. The van der Waals surface area contributed by atoms with Crippen LogP contribution >= 0.6 is 0 Å². The zero-order valence-electron chi connectivity index (χ0n) is 35.2. The summed E-state index contributed by atoms with van der Waals surface area (Å²) >= 11 is 0. The van der Waals surface area contributed by atoms with Crippen molar-refractivity contribution in [2.45, 2.75) is 32.1 Å². The lowest BCUT2D eigenvalue weighted by Crippen LogP contribution is -2.19. The second-order valence-corrected chi connectivity index (χ2v) is 17.1. The van der Waals surface area contributed by atoms with Gasteiger partial charge >= 0.3 is 0 Å². The Morgan fingerprint density at radius 1 is 0.435 bits per heavy atom. The summed E-state index contributed by atoms with van der Waals surface area (Å²) in [5.41, 5.74) is 18.7. The maximum absolute atomic E-state index is 2.43. The molecule has 0 fully saturated rings. The summed E-state index contributed by atoms with van der Waals surface area (Å²) in [5, 5.41) is 5.03. The molecule has 0 saturated carbocycles. The highest BCUT2D eigenvalue weighted by molar-refractivity contribution is 6.15. The van der Waals surface area contributed by atoms with E-state index in [9.17, 15) is 0 Å². The highest BCUT2D eigenvalue weighted by Gasteiger charge is 2.36. The number of para-hydroxylation sites is 1. The van der Waals surface area contributed by atoms with E-state index in [1.54, 1.807) is 0 Å². The van der Waals surface area contributed by atoms with Gasteiger partial charge in [-0.3, -0.25) is 0 Å². The molecule has 0 amide bonds. The van der Waals surface area contributed by atoms with E-state index in [0.717, 1.165) is 12.8 Å². The van der Waals surface area contributed by atoms with Gasteiger partial charge in [-0.2, -0.15) is 0 Å². The fraction of sp³-hybridized carbons (Fsp3) is 0.0820. The van der Waals surface area contributed by atoms with Crippen LogP contribution in [0.3, 0.4) is 0 Å². The van der Waals surface area contributed by atoms with Crippen molar-refractivity contribution in [1.29, 1.82) is 0 Å². The molecule has 0 aromatic heterocycles. The first-order valence-electron chi connectivity index (χ1n) is 21.9. The summed E-state index contributed by atoms with van der Waals surface area (Å²) < 4.78 is 0. The van der Waals surface area contributed by atoms with Gasteiger partial charge in [-0.15, -0.1) is 0 Å². The van der Waals surface area contributed by atoms with E-state index in [-0.39, 0.29) is 5.41 Å². The minimum atomic E-state index is -0.156. The summed E-state index contributed by atoms with van der Waals surface area (Å²) in [6.07, 6.45) is 13.7. The molecule has 62 heavy (non-hydrogen) atoms. The molecule has 1 heteroatoms. The SMILES string of the molecule is CC1(C)c2cc(/C=C/c3ccc(-c4ccc(-c5ccccc5)c5c(-c6ccccc6)cccc45)c4ccccc34)ccc2-c2ccc(N(C3=CCCC=C3)c3ccccc3)cc21. The van der Waals surface area contributed by atoms with E-state index in [0.29, 0.717) is 0 Å². The largest absolute Gasteiger partial charge is 0.311 e. The highest BCUT2D eigenvalue weighted by atomic mass is 15.1. The first-order valence-corrected chi connectivity index (χ1v) is 21.9. The highest BCUT2D eigenvalue weighted by Crippen LogP contribution is 2.51. The topological polar surface area (TPSA) is 3.24 Å². The van der Waals surface area contributed by atoms with Gasteiger partial charge in [0.1, 0.15) is 0 Å². The standard InChI is InChI=1S/C61H47N/c1-61(2)58-40-42(31-35-55(58)56-37-34-48(41-59(56)61)62(46-22-11-5-12-23-46)47-24-13-6-14-25-47)30-32-45-33-36-53(52-27-16-15-26-49(45)52)54-39-38-51(44-20-9-4-10-21-44)60-50(28-17-29-57(54)60)43-18-7-3-8-19-43/h3-5,7-13,15-41H,6,14H2,1-2H3/b32-30+. The van der Waals surface area contributed by atoms with Crippen molar-refractivity contribution in [3.05, 3.63) is 240 Å². The van der Waals surface area contributed by atoms with Crippen LogP contribution in [0.2, 0.25) is 0 Å². The molecule has 0 radical (unpaired) electrons. The molecule has 2 aliphatic rings. The van der Waals surface area contributed by atoms with E-state index in [1.807, 2.05) is 0 Å². The number of rotatable bonds is 8. The van der Waals surface area contributed by atoms with E-state index in [4.69, 9.17) is 0 Å². The number of fused-ring (bicyclic) bond motifs is 5. The van der Waals surface area contributed by atoms with Gasteiger partial charge in [0.25, 0.3) is 0 Å². The predicted molar refractivity (Wildman–Crippen MR) is 266 cm³/mol. The van der Waals surface area contributed by atoms with Crippen molar-refractivity contribution in [1.82, 2.24) is 0 Å². The van der Waals surface area contributed by atoms with E-state index >= 15 is 0 Å². The smallest absolute Gasteiger partial charge is 0.0464 e. The predicted octanol–water partition coefficient (Wildman–Crippen LogP) is 16.8. The van der Waals surface area contributed by atoms with Crippen LogP contribution in [0.4, 0.5) is 11.4 Å². The van der Waals surface area contributed by atoms with Crippen LogP contribution in [-0.2, 0) is 5.41 Å². The van der Waals surface area contributed by atoms with Gasteiger partial charge < -0.3 is 4.90 Å². The molecule has 0 N–H and O–H groups in total. The Morgan fingerprint density at radius 2 is 1.02 bits per heavy atom. The fourth-order valence-corrected chi connectivity index (χ4v) is 10.0. The molecular weight excluding hydrogens is 747 g/mol. The lowest BCUT2D eigenvalue weighted by atomic mass is 9.81. The molecule has 0 bridgehead atoms. The van der Waals surface area contributed by atoms with Crippen LogP contribution < -0.4 is 4.90 Å². The van der Waals surface area contributed by atoms with Gasteiger partial charge in [0.2, 0.25) is 0 Å². The summed E-state index contributed by atoms with van der Waals surface area (Å²) in [6.45, 7) is 4.76. The van der Waals surface area contributed by atoms with Gasteiger partial charge in [-0.1, -0.05) is 208 Å². The molecule has 1 nitrogen and oxygen atoms in total.